The van der Waals surface area contributed by atoms with E-state index >= 15 is 0 Å². The topological polar surface area (TPSA) is 135 Å². The minimum absolute atomic E-state index is 0. The van der Waals surface area contributed by atoms with Crippen LogP contribution in [0, 0.1) is 0 Å². The Morgan fingerprint density at radius 1 is 1.29 bits per heavy atom. The number of carbonyl (C=O) groups is 2. The number of likely N-dealkylation sites (tertiary alicyclic amines) is 1. The van der Waals surface area contributed by atoms with Crippen LogP contribution in [0.1, 0.15) is 50.1 Å². The number of ether oxygens (including phenoxy) is 1. The fourth-order valence-electron chi connectivity index (χ4n) is 2.44. The summed E-state index contributed by atoms with van der Waals surface area (Å²) in [7, 11) is 0. The van der Waals surface area contributed by atoms with Crippen molar-refractivity contribution in [1.29, 1.82) is 0 Å². The Morgan fingerprint density at radius 2 is 1.83 bits per heavy atom. The van der Waals surface area contributed by atoms with Gasteiger partial charge in [-0.05, 0) is 33.6 Å². The van der Waals surface area contributed by atoms with Crippen molar-refractivity contribution in [2.75, 3.05) is 13.1 Å². The summed E-state index contributed by atoms with van der Waals surface area (Å²) in [6.45, 7) is 6.37. The van der Waals surface area contributed by atoms with Gasteiger partial charge in [0.1, 0.15) is 11.3 Å². The number of piperidine rings is 1. The predicted molar refractivity (Wildman–Crippen MR) is 80.0 cm³/mol. The van der Waals surface area contributed by atoms with Crippen molar-refractivity contribution in [1.82, 2.24) is 14.5 Å². The van der Waals surface area contributed by atoms with Crippen LogP contribution >= 0.6 is 0 Å². The summed E-state index contributed by atoms with van der Waals surface area (Å²) in [5.74, 6) is -1.16. The maximum Gasteiger partial charge on any atom is 1.00 e. The normalized spacial score (nSPS) is 15.2. The van der Waals surface area contributed by atoms with Crippen LogP contribution in [0.3, 0.4) is 0 Å². The van der Waals surface area contributed by atoms with Crippen LogP contribution in [-0.2, 0) is 4.74 Å². The van der Waals surface area contributed by atoms with E-state index in [4.69, 9.17) is 9.84 Å². The van der Waals surface area contributed by atoms with Gasteiger partial charge in [0, 0.05) is 25.3 Å². The number of imidazole rings is 1. The van der Waals surface area contributed by atoms with Gasteiger partial charge in [0.2, 0.25) is 0 Å². The van der Waals surface area contributed by atoms with Gasteiger partial charge in [0.15, 0.2) is 0 Å². The fraction of sp³-hybridized carbons (Fsp3) is 0.643. The molecule has 0 saturated carbocycles. The number of nitrogens with zero attached hydrogens (tertiary/aromatic N) is 2. The molecule has 0 spiro atoms. The van der Waals surface area contributed by atoms with Gasteiger partial charge in [-0.15, -0.1) is 0 Å². The molecule has 2 rings (SSSR count). The van der Waals surface area contributed by atoms with E-state index in [0.717, 1.165) is 0 Å². The summed E-state index contributed by atoms with van der Waals surface area (Å²) in [6, 6.07) is -0.115. The van der Waals surface area contributed by atoms with E-state index in [-0.39, 0.29) is 42.2 Å². The van der Waals surface area contributed by atoms with Crippen LogP contribution in [0.15, 0.2) is 11.0 Å². The molecule has 1 aromatic heterocycles. The summed E-state index contributed by atoms with van der Waals surface area (Å²) in [4.78, 5) is 38.5. The molecule has 10 heteroatoms. The van der Waals surface area contributed by atoms with Gasteiger partial charge in [-0.25, -0.2) is 14.4 Å². The minimum Gasteiger partial charge on any atom is -0.870 e. The van der Waals surface area contributed by atoms with E-state index in [2.05, 4.69) is 4.98 Å². The molecule has 130 valence electrons. The summed E-state index contributed by atoms with van der Waals surface area (Å²) in [6.07, 6.45) is 2.11. The maximum absolute atomic E-state index is 12.0. The number of H-pyrrole nitrogens is 1. The van der Waals surface area contributed by atoms with Crippen molar-refractivity contribution in [3.05, 3.63) is 22.4 Å². The van der Waals surface area contributed by atoms with Crippen molar-refractivity contribution in [2.24, 2.45) is 0 Å². The molecule has 1 fully saturated rings. The van der Waals surface area contributed by atoms with Gasteiger partial charge in [-0.2, -0.15) is 0 Å². The molecule has 0 unspecified atom stereocenters. The van der Waals surface area contributed by atoms with E-state index in [9.17, 15) is 14.4 Å². The molecule has 24 heavy (non-hydrogen) atoms. The second-order valence-electron chi connectivity index (χ2n) is 6.38. The second kappa shape index (κ2) is 8.42. The number of hydrogen-bond acceptors (Lipinski definition) is 5. The smallest absolute Gasteiger partial charge is 0.870 e. The standard InChI is InChI=1S/C14H21N3O5.Li.H2O/c1-14(2,3)22-13(21)16-6-4-9(5-7-16)17-8-10(11(18)19)15-12(17)20;;/h8-9H,4-7H2,1-3H3,(H,15,20)(H,18,19);;1H2/q;+1;/p-1. The zero-order chi connectivity index (χ0) is 16.5. The van der Waals surface area contributed by atoms with E-state index in [1.54, 1.807) is 4.90 Å². The molecular weight excluding hydrogens is 313 g/mol. The van der Waals surface area contributed by atoms with E-state index < -0.39 is 17.3 Å². The SMILES string of the molecule is CC(C)(C)OC(=O)N1CCC(n2cc(C(=O)O)[nH]c2=O)CC1.[Li+].[OH-]. The van der Waals surface area contributed by atoms with E-state index in [0.29, 0.717) is 25.9 Å². The van der Waals surface area contributed by atoms with Crippen LogP contribution in [0.2, 0.25) is 0 Å². The zero-order valence-electron chi connectivity index (χ0n) is 14.4. The monoisotopic (exact) mass is 335 g/mol. The molecule has 0 aromatic carbocycles. The fourth-order valence-corrected chi connectivity index (χ4v) is 2.44. The Morgan fingerprint density at radius 3 is 2.25 bits per heavy atom. The number of hydrogen-bond donors (Lipinski definition) is 2. The van der Waals surface area contributed by atoms with Crippen LogP contribution in [-0.4, -0.2) is 55.8 Å². The summed E-state index contributed by atoms with van der Waals surface area (Å²) in [5.41, 5.74) is -1.10. The van der Waals surface area contributed by atoms with Crippen LogP contribution < -0.4 is 24.6 Å². The largest absolute Gasteiger partial charge is 1.00 e. The molecule has 9 nitrogen and oxygen atoms in total. The summed E-state index contributed by atoms with van der Waals surface area (Å²) >= 11 is 0. The van der Waals surface area contributed by atoms with Crippen molar-refractivity contribution < 1.29 is 43.8 Å². The molecule has 0 atom stereocenters. The number of amides is 1. The maximum atomic E-state index is 12.0. The number of carboxylic acids is 1. The van der Waals surface area contributed by atoms with Gasteiger partial charge in [0.25, 0.3) is 0 Å². The number of nitrogens with one attached hydrogen (secondary N) is 1. The number of aromatic amines is 1. The average molecular weight is 335 g/mol. The zero-order valence-corrected chi connectivity index (χ0v) is 14.4. The van der Waals surface area contributed by atoms with Crippen LogP contribution in [0.4, 0.5) is 4.79 Å². The molecule has 1 amide bonds. The van der Waals surface area contributed by atoms with Crippen LogP contribution in [0.25, 0.3) is 0 Å². The third-order valence-electron chi connectivity index (χ3n) is 3.48. The second-order valence-corrected chi connectivity index (χ2v) is 6.38. The molecule has 1 aliphatic heterocycles. The number of rotatable bonds is 2. The summed E-state index contributed by atoms with van der Waals surface area (Å²) < 4.78 is 6.71. The summed E-state index contributed by atoms with van der Waals surface area (Å²) in [5, 5.41) is 8.89. The number of aromatic carboxylic acids is 1. The Balaban J connectivity index is 0.00000264. The van der Waals surface area contributed by atoms with Crippen LogP contribution in [0.5, 0.6) is 0 Å². The Bertz CT molecular complexity index is 625. The first-order valence-electron chi connectivity index (χ1n) is 7.20. The van der Waals surface area contributed by atoms with Gasteiger partial charge in [-0.1, -0.05) is 0 Å². The minimum atomic E-state index is -1.16. The third kappa shape index (κ3) is 5.44. The first kappa shape index (κ1) is 22.3. The van der Waals surface area contributed by atoms with Gasteiger partial charge >= 0.3 is 36.6 Å². The molecule has 1 aliphatic rings. The molecule has 0 radical (unpaired) electrons. The number of carbonyl (C=O) groups excluding carboxylic acids is 1. The number of carboxylic acid groups (broad SMARTS) is 1. The van der Waals surface area contributed by atoms with Gasteiger partial charge < -0.3 is 25.2 Å². The number of aromatic nitrogens is 2. The molecule has 3 N–H and O–H groups in total. The first-order valence-corrected chi connectivity index (χ1v) is 7.20. The van der Waals surface area contributed by atoms with E-state index in [1.807, 2.05) is 20.8 Å². The average Bonchev–Trinajstić information content (AvgIpc) is 2.79. The predicted octanol–water partition coefficient (Wildman–Crippen LogP) is -1.73. The Hall–Kier alpha value is -1.69. The molecule has 0 aliphatic carbocycles. The van der Waals surface area contributed by atoms with Crippen molar-refractivity contribution in [3.8, 4) is 0 Å². The van der Waals surface area contributed by atoms with Crippen molar-refractivity contribution >= 4 is 12.1 Å². The Labute approximate surface area is 151 Å². The molecule has 1 saturated heterocycles. The van der Waals surface area contributed by atoms with Gasteiger partial charge in [-0.3, -0.25) is 4.57 Å². The molecular formula is C14H22LiN3O6. The van der Waals surface area contributed by atoms with E-state index in [1.165, 1.54) is 10.8 Å². The molecule has 1 aromatic rings. The van der Waals surface area contributed by atoms with Crippen molar-refractivity contribution in [3.63, 3.8) is 0 Å². The molecule has 2 heterocycles. The molecule has 0 bridgehead atoms. The quantitative estimate of drug-likeness (QED) is 0.617. The van der Waals surface area contributed by atoms with Crippen molar-refractivity contribution in [2.45, 2.75) is 45.3 Å². The Kier molecular flexibility index (Phi) is 7.82. The first-order chi connectivity index (χ1) is 10.2. The van der Waals surface area contributed by atoms with Gasteiger partial charge in [0.05, 0.1) is 0 Å². The third-order valence-corrected chi connectivity index (χ3v) is 3.48.